The van der Waals surface area contributed by atoms with E-state index in [-0.39, 0.29) is 5.54 Å². The fourth-order valence-corrected chi connectivity index (χ4v) is 1.61. The van der Waals surface area contributed by atoms with Gasteiger partial charge in [0.05, 0.1) is 6.07 Å². The Morgan fingerprint density at radius 3 is 2.93 bits per heavy atom. The first kappa shape index (κ1) is 9.17. The average molecular weight is 187 g/mol. The molecule has 1 heterocycles. The Morgan fingerprint density at radius 2 is 2.43 bits per heavy atom. The molecule has 1 aliphatic carbocycles. The van der Waals surface area contributed by atoms with E-state index in [1.54, 1.807) is 6.20 Å². The van der Waals surface area contributed by atoms with Gasteiger partial charge in [-0.15, -0.1) is 0 Å². The van der Waals surface area contributed by atoms with Crippen molar-refractivity contribution in [2.75, 3.05) is 7.05 Å². The smallest absolute Gasteiger partial charge is 0.109 e. The Balaban J connectivity index is 2.03. The molecule has 1 aliphatic rings. The predicted octanol–water partition coefficient (Wildman–Crippen LogP) is 1.57. The lowest BCUT2D eigenvalue weighted by molar-refractivity contribution is 0.262. The van der Waals surface area contributed by atoms with Gasteiger partial charge in [-0.1, -0.05) is 6.07 Å². The number of nitriles is 1. The van der Waals surface area contributed by atoms with E-state index in [4.69, 9.17) is 5.26 Å². The molecule has 0 spiro atoms. The molecule has 0 N–H and O–H groups in total. The number of nitrogens with zero attached hydrogens (tertiary/aromatic N) is 3. The summed E-state index contributed by atoms with van der Waals surface area (Å²) in [6.45, 7) is 0.807. The molecule has 2 rings (SSSR count). The van der Waals surface area contributed by atoms with Gasteiger partial charge in [-0.2, -0.15) is 5.26 Å². The van der Waals surface area contributed by atoms with Crippen molar-refractivity contribution in [1.29, 1.82) is 5.26 Å². The first-order chi connectivity index (χ1) is 6.77. The lowest BCUT2D eigenvalue weighted by atomic mass is 10.2. The van der Waals surface area contributed by atoms with Crippen LogP contribution in [0.2, 0.25) is 0 Å². The van der Waals surface area contributed by atoms with Crippen LogP contribution in [-0.4, -0.2) is 22.5 Å². The molecule has 72 valence electrons. The molecule has 3 heteroatoms. The lowest BCUT2D eigenvalue weighted by Gasteiger charge is -2.21. The molecule has 0 radical (unpaired) electrons. The van der Waals surface area contributed by atoms with Crippen molar-refractivity contribution in [2.24, 2.45) is 0 Å². The van der Waals surface area contributed by atoms with Crippen molar-refractivity contribution in [3.63, 3.8) is 0 Å². The highest BCUT2D eigenvalue weighted by molar-refractivity contribution is 5.20. The average Bonchev–Trinajstić information content (AvgIpc) is 3.00. The standard InChI is InChI=1S/C11H13N3/c1-14(11(9-12)4-5-11)8-10-3-2-6-13-7-10/h2-3,6-7H,4-5,8H2,1H3. The second kappa shape index (κ2) is 3.39. The fourth-order valence-electron chi connectivity index (χ4n) is 1.61. The molecule has 0 unspecified atom stereocenters. The third-order valence-electron chi connectivity index (χ3n) is 2.80. The van der Waals surface area contributed by atoms with Crippen molar-refractivity contribution in [1.82, 2.24) is 9.88 Å². The maximum Gasteiger partial charge on any atom is 0.109 e. The predicted molar refractivity (Wildman–Crippen MR) is 53.3 cm³/mol. The van der Waals surface area contributed by atoms with E-state index in [1.807, 2.05) is 25.4 Å². The summed E-state index contributed by atoms with van der Waals surface area (Å²) in [5.74, 6) is 0. The molecule has 0 atom stereocenters. The van der Waals surface area contributed by atoms with Crippen LogP contribution in [0.3, 0.4) is 0 Å². The molecule has 0 saturated heterocycles. The first-order valence-electron chi connectivity index (χ1n) is 4.78. The molecular weight excluding hydrogens is 174 g/mol. The lowest BCUT2D eigenvalue weighted by Crippen LogP contribution is -2.31. The van der Waals surface area contributed by atoms with Crippen LogP contribution in [0.4, 0.5) is 0 Å². The number of rotatable bonds is 3. The Hall–Kier alpha value is -1.40. The highest BCUT2D eigenvalue weighted by Gasteiger charge is 2.46. The van der Waals surface area contributed by atoms with Crippen molar-refractivity contribution in [2.45, 2.75) is 24.9 Å². The van der Waals surface area contributed by atoms with Gasteiger partial charge in [-0.3, -0.25) is 9.88 Å². The van der Waals surface area contributed by atoms with Crippen LogP contribution >= 0.6 is 0 Å². The highest BCUT2D eigenvalue weighted by atomic mass is 15.2. The summed E-state index contributed by atoms with van der Waals surface area (Å²) in [4.78, 5) is 6.17. The van der Waals surface area contributed by atoms with Crippen molar-refractivity contribution >= 4 is 0 Å². The fraction of sp³-hybridized carbons (Fsp3) is 0.455. The van der Waals surface area contributed by atoms with Gasteiger partial charge < -0.3 is 0 Å². The Labute approximate surface area is 84.0 Å². The van der Waals surface area contributed by atoms with E-state index in [0.29, 0.717) is 0 Å². The van der Waals surface area contributed by atoms with Gasteiger partial charge in [0.25, 0.3) is 0 Å². The third-order valence-corrected chi connectivity index (χ3v) is 2.80. The zero-order valence-electron chi connectivity index (χ0n) is 8.27. The second-order valence-corrected chi connectivity index (χ2v) is 3.86. The van der Waals surface area contributed by atoms with Gasteiger partial charge in [-0.05, 0) is 31.5 Å². The normalized spacial score (nSPS) is 17.8. The maximum atomic E-state index is 9.00. The van der Waals surface area contributed by atoms with Gasteiger partial charge in [-0.25, -0.2) is 0 Å². The second-order valence-electron chi connectivity index (χ2n) is 3.86. The Morgan fingerprint density at radius 1 is 1.64 bits per heavy atom. The Bertz CT molecular complexity index is 349. The molecular formula is C11H13N3. The van der Waals surface area contributed by atoms with E-state index in [2.05, 4.69) is 16.0 Å². The zero-order chi connectivity index (χ0) is 10.0. The van der Waals surface area contributed by atoms with Gasteiger partial charge in [0, 0.05) is 18.9 Å². The monoisotopic (exact) mass is 187 g/mol. The number of hydrogen-bond donors (Lipinski definition) is 0. The van der Waals surface area contributed by atoms with E-state index < -0.39 is 0 Å². The minimum atomic E-state index is -0.185. The molecule has 0 aliphatic heterocycles. The summed E-state index contributed by atoms with van der Waals surface area (Å²) in [6, 6.07) is 6.34. The topological polar surface area (TPSA) is 39.9 Å². The minimum Gasteiger partial charge on any atom is -0.284 e. The molecule has 0 amide bonds. The third kappa shape index (κ3) is 1.61. The molecule has 1 aromatic heterocycles. The van der Waals surface area contributed by atoms with Crippen LogP contribution < -0.4 is 0 Å². The van der Waals surface area contributed by atoms with E-state index in [9.17, 15) is 0 Å². The van der Waals surface area contributed by atoms with Gasteiger partial charge in [0.15, 0.2) is 0 Å². The highest BCUT2D eigenvalue weighted by Crippen LogP contribution is 2.40. The quantitative estimate of drug-likeness (QED) is 0.721. The van der Waals surface area contributed by atoms with Crippen LogP contribution in [0.1, 0.15) is 18.4 Å². The van der Waals surface area contributed by atoms with Gasteiger partial charge in [0.1, 0.15) is 5.54 Å². The molecule has 14 heavy (non-hydrogen) atoms. The van der Waals surface area contributed by atoms with E-state index >= 15 is 0 Å². The van der Waals surface area contributed by atoms with Crippen LogP contribution in [0.5, 0.6) is 0 Å². The van der Waals surface area contributed by atoms with Crippen molar-refractivity contribution < 1.29 is 0 Å². The SMILES string of the molecule is CN(Cc1cccnc1)C1(C#N)CC1. The Kier molecular flexibility index (Phi) is 2.22. The molecule has 3 nitrogen and oxygen atoms in total. The zero-order valence-corrected chi connectivity index (χ0v) is 8.27. The summed E-state index contributed by atoms with van der Waals surface area (Å²) < 4.78 is 0. The molecule has 0 aromatic carbocycles. The van der Waals surface area contributed by atoms with Crippen molar-refractivity contribution in [3.05, 3.63) is 30.1 Å². The van der Waals surface area contributed by atoms with Crippen molar-refractivity contribution in [3.8, 4) is 6.07 Å². The molecule has 1 fully saturated rings. The van der Waals surface area contributed by atoms with Crippen LogP contribution in [0.25, 0.3) is 0 Å². The number of aromatic nitrogens is 1. The van der Waals surface area contributed by atoms with E-state index in [0.717, 1.165) is 24.9 Å². The van der Waals surface area contributed by atoms with Crippen LogP contribution in [-0.2, 0) is 6.54 Å². The van der Waals surface area contributed by atoms with Gasteiger partial charge >= 0.3 is 0 Å². The van der Waals surface area contributed by atoms with Crippen LogP contribution in [0, 0.1) is 11.3 Å². The summed E-state index contributed by atoms with van der Waals surface area (Å²) in [7, 11) is 2.00. The van der Waals surface area contributed by atoms with E-state index in [1.165, 1.54) is 0 Å². The molecule has 1 aromatic rings. The first-order valence-corrected chi connectivity index (χ1v) is 4.78. The summed E-state index contributed by atoms with van der Waals surface area (Å²) in [5.41, 5.74) is 0.979. The largest absolute Gasteiger partial charge is 0.284 e. The summed E-state index contributed by atoms with van der Waals surface area (Å²) in [5, 5.41) is 9.00. The molecule has 1 saturated carbocycles. The van der Waals surface area contributed by atoms with Crippen LogP contribution in [0.15, 0.2) is 24.5 Å². The minimum absolute atomic E-state index is 0.185. The number of hydrogen-bond acceptors (Lipinski definition) is 3. The van der Waals surface area contributed by atoms with Gasteiger partial charge in [0.2, 0.25) is 0 Å². The maximum absolute atomic E-state index is 9.00. The summed E-state index contributed by atoms with van der Waals surface area (Å²) in [6.07, 6.45) is 5.62. The summed E-state index contributed by atoms with van der Waals surface area (Å²) >= 11 is 0. The number of pyridine rings is 1. The molecule has 0 bridgehead atoms.